The van der Waals surface area contributed by atoms with Gasteiger partial charge in [-0.3, -0.25) is 0 Å². The third-order valence-corrected chi connectivity index (χ3v) is 5.36. The Labute approximate surface area is 144 Å². The summed E-state index contributed by atoms with van der Waals surface area (Å²) in [4.78, 5) is 0.178. The molecule has 2 aromatic carbocycles. The van der Waals surface area contributed by atoms with E-state index < -0.39 is 0 Å². The summed E-state index contributed by atoms with van der Waals surface area (Å²) in [5, 5.41) is 0. The van der Waals surface area contributed by atoms with E-state index in [0.717, 1.165) is 21.1 Å². The van der Waals surface area contributed by atoms with Crippen molar-refractivity contribution < 1.29 is 4.74 Å². The lowest BCUT2D eigenvalue weighted by atomic mass is 10.0. The van der Waals surface area contributed by atoms with Crippen LogP contribution in [0.1, 0.15) is 28.4 Å². The zero-order chi connectivity index (χ0) is 14.3. The summed E-state index contributed by atoms with van der Waals surface area (Å²) in [6.45, 7) is 2.11. The van der Waals surface area contributed by atoms with Crippen molar-refractivity contribution in [2.24, 2.45) is 0 Å². The van der Waals surface area contributed by atoms with Crippen LogP contribution < -0.4 is 4.74 Å². The Hall–Kier alpha value is -0.320. The van der Waals surface area contributed by atoms with Crippen molar-refractivity contribution in [1.82, 2.24) is 0 Å². The largest absolute Gasteiger partial charge is 0.490 e. The van der Waals surface area contributed by atoms with Gasteiger partial charge < -0.3 is 4.74 Å². The molecule has 2 aromatic rings. The number of rotatable bonds is 2. The van der Waals surface area contributed by atoms with E-state index in [1.54, 1.807) is 0 Å². The minimum absolute atomic E-state index is 0.178. The third-order valence-electron chi connectivity index (χ3n) is 3.39. The van der Waals surface area contributed by atoms with E-state index >= 15 is 0 Å². The van der Waals surface area contributed by atoms with E-state index in [9.17, 15) is 0 Å². The highest BCUT2D eigenvalue weighted by atomic mass is 79.9. The minimum Gasteiger partial charge on any atom is -0.490 e. The number of halogens is 3. The molecule has 0 spiro atoms. The van der Waals surface area contributed by atoms with Crippen LogP contribution in [0.4, 0.5) is 0 Å². The van der Waals surface area contributed by atoms with Gasteiger partial charge in [0.1, 0.15) is 11.9 Å². The number of hydrogen-bond donors (Lipinski definition) is 0. The molecule has 1 aliphatic rings. The predicted octanol–water partition coefficient (Wildman–Crippen LogP) is 6.02. The Morgan fingerprint density at radius 2 is 1.75 bits per heavy atom. The Bertz CT molecular complexity index is 634. The topological polar surface area (TPSA) is 9.23 Å². The summed E-state index contributed by atoms with van der Waals surface area (Å²) in [6.07, 6.45) is 1.28. The van der Waals surface area contributed by atoms with Gasteiger partial charge in [0.2, 0.25) is 0 Å². The molecular weight excluding hydrogens is 448 g/mol. The van der Waals surface area contributed by atoms with Crippen LogP contribution in [0.3, 0.4) is 0 Å². The summed E-state index contributed by atoms with van der Waals surface area (Å²) in [5.74, 6) is 1.02. The van der Waals surface area contributed by atoms with Crippen LogP contribution >= 0.6 is 47.8 Å². The molecule has 0 aromatic heterocycles. The summed E-state index contributed by atoms with van der Waals surface area (Å²) >= 11 is 10.9. The molecule has 1 heterocycles. The number of alkyl halides is 1. The van der Waals surface area contributed by atoms with Gasteiger partial charge in [-0.1, -0.05) is 59.9 Å². The van der Waals surface area contributed by atoms with E-state index in [2.05, 4.69) is 85.0 Å². The first-order valence-electron chi connectivity index (χ1n) is 6.42. The number of hydrogen-bond acceptors (Lipinski definition) is 1. The molecule has 0 amide bonds. The van der Waals surface area contributed by atoms with Gasteiger partial charge in [-0.25, -0.2) is 0 Å². The van der Waals surface area contributed by atoms with Crippen molar-refractivity contribution in [3.05, 3.63) is 62.0 Å². The van der Waals surface area contributed by atoms with Crippen LogP contribution in [0.5, 0.6) is 5.75 Å². The van der Waals surface area contributed by atoms with Crippen LogP contribution in [0.2, 0.25) is 0 Å². The molecule has 1 aliphatic heterocycles. The molecule has 2 atom stereocenters. The van der Waals surface area contributed by atoms with Crippen LogP contribution in [0, 0.1) is 0 Å². The molecule has 20 heavy (non-hydrogen) atoms. The smallest absolute Gasteiger partial charge is 0.123 e. The zero-order valence-electron chi connectivity index (χ0n) is 10.9. The number of ether oxygens (including phenoxy) is 1. The van der Waals surface area contributed by atoms with Crippen molar-refractivity contribution >= 4 is 47.8 Å². The fraction of sp³-hybridized carbons (Fsp3) is 0.250. The second-order valence-corrected chi connectivity index (χ2v) is 7.81. The lowest BCUT2D eigenvalue weighted by Crippen LogP contribution is -2.05. The van der Waals surface area contributed by atoms with Gasteiger partial charge in [0, 0.05) is 15.4 Å². The molecule has 0 saturated heterocycles. The van der Waals surface area contributed by atoms with E-state index in [-0.39, 0.29) is 10.9 Å². The van der Waals surface area contributed by atoms with Crippen molar-refractivity contribution in [3.63, 3.8) is 0 Å². The standard InChI is InChI=1S/C16H13Br3O/c1-9-4-11-5-10(2-3-15(11)20-9)16(19)12-6-13(17)8-14(18)7-12/h2-3,5-9,16H,4H2,1H3. The molecule has 0 N–H and O–H groups in total. The lowest BCUT2D eigenvalue weighted by molar-refractivity contribution is 0.254. The van der Waals surface area contributed by atoms with Crippen molar-refractivity contribution in [2.75, 3.05) is 0 Å². The van der Waals surface area contributed by atoms with Crippen molar-refractivity contribution in [2.45, 2.75) is 24.3 Å². The molecule has 0 bridgehead atoms. The monoisotopic (exact) mass is 458 g/mol. The second-order valence-electron chi connectivity index (χ2n) is 5.07. The maximum absolute atomic E-state index is 5.76. The van der Waals surface area contributed by atoms with Gasteiger partial charge >= 0.3 is 0 Å². The maximum Gasteiger partial charge on any atom is 0.123 e. The lowest BCUT2D eigenvalue weighted by Gasteiger charge is -2.13. The highest BCUT2D eigenvalue weighted by Gasteiger charge is 2.21. The molecule has 0 fully saturated rings. The fourth-order valence-electron chi connectivity index (χ4n) is 2.51. The Morgan fingerprint density at radius 1 is 1.05 bits per heavy atom. The van der Waals surface area contributed by atoms with Crippen LogP contribution in [-0.4, -0.2) is 6.10 Å². The molecule has 0 aliphatic carbocycles. The van der Waals surface area contributed by atoms with Gasteiger partial charge in [0.15, 0.2) is 0 Å². The Balaban J connectivity index is 1.95. The van der Waals surface area contributed by atoms with Crippen LogP contribution in [0.25, 0.3) is 0 Å². The molecule has 0 radical (unpaired) electrons. The summed E-state index contributed by atoms with van der Waals surface area (Å²) < 4.78 is 7.90. The normalized spacial score (nSPS) is 18.5. The number of fused-ring (bicyclic) bond motifs is 1. The first-order chi connectivity index (χ1) is 9.52. The maximum atomic E-state index is 5.76. The zero-order valence-corrected chi connectivity index (χ0v) is 15.6. The highest BCUT2D eigenvalue weighted by Crippen LogP contribution is 2.38. The highest BCUT2D eigenvalue weighted by molar-refractivity contribution is 9.11. The van der Waals surface area contributed by atoms with Crippen molar-refractivity contribution in [1.29, 1.82) is 0 Å². The molecular formula is C16H13Br3O. The molecule has 1 nitrogen and oxygen atoms in total. The molecule has 0 saturated carbocycles. The van der Waals surface area contributed by atoms with E-state index in [4.69, 9.17) is 4.74 Å². The Morgan fingerprint density at radius 3 is 2.45 bits per heavy atom. The Kier molecular flexibility index (Phi) is 4.25. The third kappa shape index (κ3) is 2.97. The predicted molar refractivity (Wildman–Crippen MR) is 92.8 cm³/mol. The molecule has 2 unspecified atom stereocenters. The second kappa shape index (κ2) is 5.82. The quantitative estimate of drug-likeness (QED) is 0.498. The van der Waals surface area contributed by atoms with E-state index in [1.165, 1.54) is 16.7 Å². The first kappa shape index (κ1) is 14.6. The van der Waals surface area contributed by atoms with Gasteiger partial charge in [-0.05, 0) is 47.9 Å². The minimum atomic E-state index is 0.178. The first-order valence-corrected chi connectivity index (χ1v) is 8.92. The molecule has 104 valence electrons. The number of benzene rings is 2. The average molecular weight is 461 g/mol. The van der Waals surface area contributed by atoms with E-state index in [1.807, 2.05) is 6.07 Å². The van der Waals surface area contributed by atoms with Gasteiger partial charge in [0.25, 0.3) is 0 Å². The molecule has 3 rings (SSSR count). The SMILES string of the molecule is CC1Cc2cc(C(Br)c3cc(Br)cc(Br)c3)ccc2O1. The summed E-state index contributed by atoms with van der Waals surface area (Å²) in [5.41, 5.74) is 3.78. The van der Waals surface area contributed by atoms with E-state index in [0.29, 0.717) is 0 Å². The van der Waals surface area contributed by atoms with Crippen LogP contribution in [-0.2, 0) is 6.42 Å². The van der Waals surface area contributed by atoms with Gasteiger partial charge in [0.05, 0.1) is 4.83 Å². The van der Waals surface area contributed by atoms with Gasteiger partial charge in [-0.2, -0.15) is 0 Å². The molecule has 4 heteroatoms. The summed E-state index contributed by atoms with van der Waals surface area (Å²) in [7, 11) is 0. The van der Waals surface area contributed by atoms with Gasteiger partial charge in [-0.15, -0.1) is 0 Å². The van der Waals surface area contributed by atoms with Crippen LogP contribution in [0.15, 0.2) is 45.3 Å². The summed E-state index contributed by atoms with van der Waals surface area (Å²) in [6, 6.07) is 12.8. The average Bonchev–Trinajstić information content (AvgIpc) is 2.75. The van der Waals surface area contributed by atoms with Crippen molar-refractivity contribution in [3.8, 4) is 5.75 Å². The fourth-order valence-corrected chi connectivity index (χ4v) is 4.39.